The average Bonchev–Trinajstić information content (AvgIpc) is 2.89. The minimum absolute atomic E-state index is 0.0196. The highest BCUT2D eigenvalue weighted by Gasteiger charge is 2.28. The largest absolute Gasteiger partial charge is 0.508 e. The molecule has 1 unspecified atom stereocenters. The third kappa shape index (κ3) is 4.20. The van der Waals surface area contributed by atoms with Gasteiger partial charge in [-0.3, -0.25) is 4.79 Å². The van der Waals surface area contributed by atoms with Gasteiger partial charge in [-0.1, -0.05) is 6.08 Å². The lowest BCUT2D eigenvalue weighted by Gasteiger charge is -2.10. The maximum absolute atomic E-state index is 11.9. The lowest BCUT2D eigenvalue weighted by atomic mass is 10.0. The van der Waals surface area contributed by atoms with Crippen LogP contribution in [0.25, 0.3) is 0 Å². The van der Waals surface area contributed by atoms with E-state index in [4.69, 9.17) is 9.47 Å². The molecule has 0 radical (unpaired) electrons. The number of methoxy groups -OCH3 is 1. The highest BCUT2D eigenvalue weighted by atomic mass is 16.5. The van der Waals surface area contributed by atoms with Crippen LogP contribution < -0.4 is 0 Å². The minimum Gasteiger partial charge on any atom is -0.508 e. The van der Waals surface area contributed by atoms with E-state index in [0.29, 0.717) is 29.6 Å². The van der Waals surface area contributed by atoms with Crippen molar-refractivity contribution in [1.29, 1.82) is 0 Å². The second-order valence-corrected chi connectivity index (χ2v) is 5.13. The van der Waals surface area contributed by atoms with Gasteiger partial charge in [-0.2, -0.15) is 0 Å². The Kier molecular flexibility index (Phi) is 5.54. The number of phenolic OH excluding ortho intramolecular Hbond substituents is 2. The molecule has 0 amide bonds. The number of rotatable bonds is 7. The topological polar surface area (TPSA) is 93.1 Å². The first-order chi connectivity index (χ1) is 11.0. The highest BCUT2D eigenvalue weighted by Crippen LogP contribution is 2.36. The third-order valence-corrected chi connectivity index (χ3v) is 3.45. The quantitative estimate of drug-likeness (QED) is 0.346. The Morgan fingerprint density at radius 3 is 2.87 bits per heavy atom. The zero-order chi connectivity index (χ0) is 16.8. The number of cyclic esters (lactones) is 1. The Hall–Kier alpha value is -2.60. The van der Waals surface area contributed by atoms with E-state index < -0.39 is 12.1 Å². The van der Waals surface area contributed by atoms with Crippen molar-refractivity contribution in [1.82, 2.24) is 0 Å². The molecular formula is C17H18O6. The number of hydrogen-bond acceptors (Lipinski definition) is 6. The van der Waals surface area contributed by atoms with E-state index in [2.05, 4.69) is 0 Å². The van der Waals surface area contributed by atoms with Crippen LogP contribution in [0.1, 0.15) is 24.5 Å². The number of hydrogen-bond donors (Lipinski definition) is 2. The van der Waals surface area contributed by atoms with Crippen LogP contribution in [-0.2, 0) is 19.1 Å². The number of carbonyl (C=O) groups excluding carboxylic acids is 2. The Morgan fingerprint density at radius 2 is 2.17 bits per heavy atom. The van der Waals surface area contributed by atoms with Gasteiger partial charge in [0.1, 0.15) is 23.9 Å². The van der Waals surface area contributed by atoms with Crippen LogP contribution in [0.15, 0.2) is 41.5 Å². The first-order valence-corrected chi connectivity index (χ1v) is 7.12. The summed E-state index contributed by atoms with van der Waals surface area (Å²) in [4.78, 5) is 22.7. The highest BCUT2D eigenvalue weighted by molar-refractivity contribution is 5.91. The fourth-order valence-electron chi connectivity index (χ4n) is 2.31. The molecule has 1 heterocycles. The van der Waals surface area contributed by atoms with Gasteiger partial charge in [0.15, 0.2) is 0 Å². The number of benzene rings is 1. The Morgan fingerprint density at radius 1 is 1.39 bits per heavy atom. The molecule has 6 heteroatoms. The summed E-state index contributed by atoms with van der Waals surface area (Å²) in [6, 6.07) is 4.05. The zero-order valence-electron chi connectivity index (χ0n) is 12.7. The van der Waals surface area contributed by atoms with E-state index in [1.807, 2.05) is 0 Å². The molecule has 0 aromatic heterocycles. The molecule has 0 saturated carbocycles. The van der Waals surface area contributed by atoms with E-state index in [0.717, 1.165) is 6.29 Å². The molecule has 122 valence electrons. The van der Waals surface area contributed by atoms with Crippen molar-refractivity contribution in [3.63, 3.8) is 0 Å². The fraction of sp³-hybridized carbons (Fsp3) is 0.294. The van der Waals surface area contributed by atoms with E-state index >= 15 is 0 Å². The van der Waals surface area contributed by atoms with Crippen LogP contribution in [0, 0.1) is 0 Å². The van der Waals surface area contributed by atoms with Crippen LogP contribution in [0.5, 0.6) is 11.5 Å². The van der Waals surface area contributed by atoms with Crippen molar-refractivity contribution in [3.8, 4) is 11.5 Å². The third-order valence-electron chi connectivity index (χ3n) is 3.45. The first kappa shape index (κ1) is 16.8. The number of aldehydes is 1. The molecule has 2 rings (SSSR count). The summed E-state index contributed by atoms with van der Waals surface area (Å²) in [6.07, 6.45) is 4.23. The number of ether oxygens (including phenoxy) is 2. The predicted octanol–water partition coefficient (Wildman–Crippen LogP) is 2.17. The summed E-state index contributed by atoms with van der Waals surface area (Å²) in [7, 11) is 1.50. The Labute approximate surface area is 133 Å². The zero-order valence-corrected chi connectivity index (χ0v) is 12.7. The number of carbonyl (C=O) groups is 2. The second kappa shape index (κ2) is 7.60. The van der Waals surface area contributed by atoms with Crippen LogP contribution in [0.3, 0.4) is 0 Å². The summed E-state index contributed by atoms with van der Waals surface area (Å²) < 4.78 is 10.1. The van der Waals surface area contributed by atoms with Gasteiger partial charge in [-0.25, -0.2) is 4.79 Å². The van der Waals surface area contributed by atoms with Crippen LogP contribution in [-0.4, -0.2) is 36.2 Å². The van der Waals surface area contributed by atoms with Gasteiger partial charge in [-0.05, 0) is 37.1 Å². The fourth-order valence-corrected chi connectivity index (χ4v) is 2.31. The molecule has 1 aliphatic rings. The molecule has 0 spiro atoms. The molecule has 0 saturated heterocycles. The van der Waals surface area contributed by atoms with Crippen LogP contribution in [0.2, 0.25) is 0 Å². The van der Waals surface area contributed by atoms with Crippen LogP contribution >= 0.6 is 0 Å². The van der Waals surface area contributed by atoms with Crippen molar-refractivity contribution in [2.45, 2.75) is 18.9 Å². The van der Waals surface area contributed by atoms with E-state index in [1.165, 1.54) is 25.3 Å². The number of esters is 1. The number of allylic oxidation sites excluding steroid dienone is 1. The van der Waals surface area contributed by atoms with Crippen molar-refractivity contribution >= 4 is 12.3 Å². The predicted molar refractivity (Wildman–Crippen MR) is 81.9 cm³/mol. The SMILES string of the molecule is COC/C(C=O)=C\CCC1=CC(c2cc(O)ccc2O)OC1=O. The summed E-state index contributed by atoms with van der Waals surface area (Å²) in [5.74, 6) is -0.541. The normalized spacial score (nSPS) is 17.8. The molecular weight excluding hydrogens is 300 g/mol. The summed E-state index contributed by atoms with van der Waals surface area (Å²) >= 11 is 0. The lowest BCUT2D eigenvalue weighted by molar-refractivity contribution is -0.140. The molecule has 23 heavy (non-hydrogen) atoms. The van der Waals surface area contributed by atoms with Gasteiger partial charge in [0.05, 0.1) is 6.61 Å². The van der Waals surface area contributed by atoms with Gasteiger partial charge in [0, 0.05) is 23.8 Å². The van der Waals surface area contributed by atoms with Gasteiger partial charge in [-0.15, -0.1) is 0 Å². The van der Waals surface area contributed by atoms with Crippen molar-refractivity contribution in [2.75, 3.05) is 13.7 Å². The molecule has 1 aliphatic heterocycles. The van der Waals surface area contributed by atoms with Gasteiger partial charge >= 0.3 is 5.97 Å². The summed E-state index contributed by atoms with van der Waals surface area (Å²) in [5.41, 5.74) is 1.31. The standard InChI is InChI=1S/C17H18O6/c1-22-10-11(9-18)3-2-4-12-7-16(23-17(12)21)14-8-13(19)5-6-15(14)20/h3,5-9,16,19-20H,2,4,10H2,1H3/b11-3-. The van der Waals surface area contributed by atoms with Crippen molar-refractivity contribution in [3.05, 3.63) is 47.1 Å². The lowest BCUT2D eigenvalue weighted by Crippen LogP contribution is -2.03. The Balaban J connectivity index is 2.07. The molecule has 0 fully saturated rings. The van der Waals surface area contributed by atoms with E-state index in [1.54, 1.807) is 12.2 Å². The Bertz CT molecular complexity index is 659. The van der Waals surface area contributed by atoms with E-state index in [9.17, 15) is 19.8 Å². The van der Waals surface area contributed by atoms with Crippen molar-refractivity contribution < 1.29 is 29.3 Å². The molecule has 6 nitrogen and oxygen atoms in total. The average molecular weight is 318 g/mol. The molecule has 0 aliphatic carbocycles. The first-order valence-electron chi connectivity index (χ1n) is 7.12. The van der Waals surface area contributed by atoms with Gasteiger partial charge in [0.25, 0.3) is 0 Å². The molecule has 1 aromatic rings. The number of aromatic hydroxyl groups is 2. The summed E-state index contributed by atoms with van der Waals surface area (Å²) in [5, 5.41) is 19.3. The minimum atomic E-state index is -0.724. The van der Waals surface area contributed by atoms with E-state index in [-0.39, 0.29) is 18.1 Å². The molecule has 1 aromatic carbocycles. The maximum atomic E-state index is 11.9. The molecule has 1 atom stereocenters. The monoisotopic (exact) mass is 318 g/mol. The molecule has 0 bridgehead atoms. The second-order valence-electron chi connectivity index (χ2n) is 5.13. The smallest absolute Gasteiger partial charge is 0.334 e. The van der Waals surface area contributed by atoms with Crippen LogP contribution in [0.4, 0.5) is 0 Å². The number of phenols is 2. The van der Waals surface area contributed by atoms with Gasteiger partial charge in [0.2, 0.25) is 0 Å². The van der Waals surface area contributed by atoms with Crippen molar-refractivity contribution in [2.24, 2.45) is 0 Å². The molecule has 2 N–H and O–H groups in total. The maximum Gasteiger partial charge on any atom is 0.334 e. The summed E-state index contributed by atoms with van der Waals surface area (Å²) in [6.45, 7) is 0.229. The van der Waals surface area contributed by atoms with Gasteiger partial charge < -0.3 is 19.7 Å².